The van der Waals surface area contributed by atoms with Gasteiger partial charge >= 0.3 is 6.18 Å². The fourth-order valence-corrected chi connectivity index (χ4v) is 2.49. The lowest BCUT2D eigenvalue weighted by Crippen LogP contribution is -2.21. The molecule has 0 unspecified atom stereocenters. The summed E-state index contributed by atoms with van der Waals surface area (Å²) in [6.07, 6.45) is -0.580. The molecule has 4 nitrogen and oxygen atoms in total. The molecule has 0 bridgehead atoms. The quantitative estimate of drug-likeness (QED) is 0.837. The second-order valence-corrected chi connectivity index (χ2v) is 4.51. The van der Waals surface area contributed by atoms with E-state index in [1.165, 1.54) is 0 Å². The number of nitriles is 1. The first-order valence-electron chi connectivity index (χ1n) is 5.87. The van der Waals surface area contributed by atoms with Crippen LogP contribution in [0.2, 0.25) is 0 Å². The van der Waals surface area contributed by atoms with Crippen molar-refractivity contribution in [1.82, 2.24) is 15.0 Å². The maximum Gasteiger partial charge on any atom is 0.408 e. The van der Waals surface area contributed by atoms with Gasteiger partial charge in [0.1, 0.15) is 12.2 Å². The molecule has 0 saturated heterocycles. The van der Waals surface area contributed by atoms with Crippen LogP contribution in [0, 0.1) is 11.3 Å². The van der Waals surface area contributed by atoms with Gasteiger partial charge in [0.05, 0.1) is 18.2 Å². The largest absolute Gasteiger partial charge is 0.408 e. The molecule has 1 fully saturated rings. The molecule has 1 aliphatic rings. The SMILES string of the molecule is N#CCc1nnn(CC(F)(F)F)c1C1CCCC1. The highest BCUT2D eigenvalue weighted by molar-refractivity contribution is 5.20. The molecule has 1 heterocycles. The summed E-state index contributed by atoms with van der Waals surface area (Å²) < 4.78 is 38.3. The third-order valence-corrected chi connectivity index (χ3v) is 3.16. The third kappa shape index (κ3) is 2.81. The lowest BCUT2D eigenvalue weighted by Gasteiger charge is -2.14. The first-order chi connectivity index (χ1) is 8.51. The molecule has 0 atom stereocenters. The molecule has 0 radical (unpaired) electrons. The van der Waals surface area contributed by atoms with Crippen molar-refractivity contribution >= 4 is 0 Å². The van der Waals surface area contributed by atoms with E-state index in [2.05, 4.69) is 10.3 Å². The molecule has 1 saturated carbocycles. The minimum absolute atomic E-state index is 0.0176. The highest BCUT2D eigenvalue weighted by atomic mass is 19.4. The molecular weight excluding hydrogens is 245 g/mol. The Morgan fingerprint density at radius 2 is 2.00 bits per heavy atom. The van der Waals surface area contributed by atoms with E-state index >= 15 is 0 Å². The summed E-state index contributed by atoms with van der Waals surface area (Å²) in [5, 5.41) is 16.0. The van der Waals surface area contributed by atoms with Crippen molar-refractivity contribution in [3.63, 3.8) is 0 Å². The minimum Gasteiger partial charge on any atom is -0.240 e. The van der Waals surface area contributed by atoms with Crippen molar-refractivity contribution in [2.45, 2.75) is 50.7 Å². The highest BCUT2D eigenvalue weighted by Gasteiger charge is 2.33. The first-order valence-corrected chi connectivity index (χ1v) is 5.87. The Morgan fingerprint density at radius 1 is 1.33 bits per heavy atom. The molecule has 0 spiro atoms. The molecule has 1 aliphatic carbocycles. The summed E-state index contributed by atoms with van der Waals surface area (Å²) in [5.41, 5.74) is 0.903. The van der Waals surface area contributed by atoms with E-state index in [1.807, 2.05) is 6.07 Å². The molecule has 2 rings (SSSR count). The fraction of sp³-hybridized carbons (Fsp3) is 0.727. The summed E-state index contributed by atoms with van der Waals surface area (Å²) in [7, 11) is 0. The third-order valence-electron chi connectivity index (χ3n) is 3.16. The van der Waals surface area contributed by atoms with Crippen LogP contribution in [0.4, 0.5) is 13.2 Å². The smallest absolute Gasteiger partial charge is 0.240 e. The van der Waals surface area contributed by atoms with Crippen LogP contribution in [0.3, 0.4) is 0 Å². The van der Waals surface area contributed by atoms with Crippen LogP contribution in [-0.4, -0.2) is 21.2 Å². The van der Waals surface area contributed by atoms with Gasteiger partial charge in [-0.05, 0) is 12.8 Å². The van der Waals surface area contributed by atoms with Crippen LogP contribution in [0.1, 0.15) is 43.0 Å². The van der Waals surface area contributed by atoms with Crippen molar-refractivity contribution in [1.29, 1.82) is 5.26 Å². The molecule has 98 valence electrons. The van der Waals surface area contributed by atoms with E-state index in [1.54, 1.807) is 0 Å². The Balaban J connectivity index is 2.31. The minimum atomic E-state index is -4.31. The molecule has 0 N–H and O–H groups in total. The number of hydrogen-bond acceptors (Lipinski definition) is 3. The van der Waals surface area contributed by atoms with Gasteiger partial charge in [-0.1, -0.05) is 18.1 Å². The number of halogens is 3. The van der Waals surface area contributed by atoms with Gasteiger partial charge in [-0.15, -0.1) is 5.10 Å². The van der Waals surface area contributed by atoms with Crippen molar-refractivity contribution in [3.05, 3.63) is 11.4 Å². The standard InChI is InChI=1S/C11H13F3N4/c12-11(13,14)7-18-10(8-3-1-2-4-8)9(5-6-15)16-17-18/h8H,1-5,7H2. The van der Waals surface area contributed by atoms with Gasteiger partial charge in [0.15, 0.2) is 0 Å². The second kappa shape index (κ2) is 4.96. The number of nitrogens with zero attached hydrogens (tertiary/aromatic N) is 4. The Hall–Kier alpha value is -1.58. The zero-order valence-corrected chi connectivity index (χ0v) is 9.74. The van der Waals surface area contributed by atoms with Gasteiger partial charge < -0.3 is 0 Å². The summed E-state index contributed by atoms with van der Waals surface area (Å²) in [4.78, 5) is 0. The Morgan fingerprint density at radius 3 is 2.56 bits per heavy atom. The Kier molecular flexibility index (Phi) is 3.55. The average molecular weight is 258 g/mol. The zero-order valence-electron chi connectivity index (χ0n) is 9.74. The molecule has 1 aromatic heterocycles. The van der Waals surface area contributed by atoms with Crippen molar-refractivity contribution in [2.75, 3.05) is 0 Å². The van der Waals surface area contributed by atoms with E-state index in [9.17, 15) is 13.2 Å². The number of aromatic nitrogens is 3. The Bertz CT molecular complexity index is 452. The average Bonchev–Trinajstić information content (AvgIpc) is 2.86. The van der Waals surface area contributed by atoms with Crippen LogP contribution < -0.4 is 0 Å². The van der Waals surface area contributed by atoms with Gasteiger partial charge in [-0.3, -0.25) is 0 Å². The van der Waals surface area contributed by atoms with Gasteiger partial charge in [-0.2, -0.15) is 18.4 Å². The highest BCUT2D eigenvalue weighted by Crippen LogP contribution is 2.36. The van der Waals surface area contributed by atoms with E-state index in [0.717, 1.165) is 30.4 Å². The van der Waals surface area contributed by atoms with Gasteiger partial charge in [0, 0.05) is 5.92 Å². The lowest BCUT2D eigenvalue weighted by molar-refractivity contribution is -0.143. The van der Waals surface area contributed by atoms with Crippen LogP contribution in [0.15, 0.2) is 0 Å². The van der Waals surface area contributed by atoms with Crippen molar-refractivity contribution in [2.24, 2.45) is 0 Å². The predicted octanol–water partition coefficient (Wildman–Crippen LogP) is 2.56. The predicted molar refractivity (Wildman–Crippen MR) is 56.6 cm³/mol. The van der Waals surface area contributed by atoms with Crippen LogP contribution >= 0.6 is 0 Å². The molecule has 0 amide bonds. The van der Waals surface area contributed by atoms with Crippen LogP contribution in [0.5, 0.6) is 0 Å². The van der Waals surface area contributed by atoms with Gasteiger partial charge in [0.25, 0.3) is 0 Å². The normalized spacial score (nSPS) is 17.0. The number of rotatable bonds is 3. The molecule has 0 aliphatic heterocycles. The van der Waals surface area contributed by atoms with E-state index < -0.39 is 12.7 Å². The number of hydrogen-bond donors (Lipinski definition) is 0. The van der Waals surface area contributed by atoms with Gasteiger partial charge in [-0.25, -0.2) is 4.68 Å². The van der Waals surface area contributed by atoms with E-state index in [0.29, 0.717) is 11.4 Å². The van der Waals surface area contributed by atoms with Crippen LogP contribution in [-0.2, 0) is 13.0 Å². The van der Waals surface area contributed by atoms with Gasteiger partial charge in [0.2, 0.25) is 0 Å². The van der Waals surface area contributed by atoms with E-state index in [4.69, 9.17) is 5.26 Å². The van der Waals surface area contributed by atoms with E-state index in [-0.39, 0.29) is 12.3 Å². The molecule has 7 heteroatoms. The second-order valence-electron chi connectivity index (χ2n) is 4.51. The summed E-state index contributed by atoms with van der Waals surface area (Å²) >= 11 is 0. The Labute approximate surface area is 102 Å². The fourth-order valence-electron chi connectivity index (χ4n) is 2.49. The zero-order chi connectivity index (χ0) is 13.2. The van der Waals surface area contributed by atoms with Crippen molar-refractivity contribution < 1.29 is 13.2 Å². The topological polar surface area (TPSA) is 54.5 Å². The first kappa shape index (κ1) is 12.9. The summed E-state index contributed by atoms with van der Waals surface area (Å²) in [5.74, 6) is 0.0608. The monoisotopic (exact) mass is 258 g/mol. The van der Waals surface area contributed by atoms with Crippen molar-refractivity contribution in [3.8, 4) is 6.07 Å². The molecule has 18 heavy (non-hydrogen) atoms. The molecule has 0 aromatic carbocycles. The maximum absolute atomic E-state index is 12.4. The molecular formula is C11H13F3N4. The number of alkyl halides is 3. The summed E-state index contributed by atoms with van der Waals surface area (Å²) in [6.45, 7) is -1.13. The lowest BCUT2D eigenvalue weighted by atomic mass is 10.0. The maximum atomic E-state index is 12.4. The van der Waals surface area contributed by atoms with Crippen LogP contribution in [0.25, 0.3) is 0 Å². The molecule has 1 aromatic rings. The summed E-state index contributed by atoms with van der Waals surface area (Å²) in [6, 6.07) is 1.93.